The van der Waals surface area contributed by atoms with Gasteiger partial charge in [-0.2, -0.15) is 0 Å². The summed E-state index contributed by atoms with van der Waals surface area (Å²) in [4.78, 5) is 11.7. The normalized spacial score (nSPS) is 10.2. The number of anilines is 1. The van der Waals surface area contributed by atoms with E-state index in [0.29, 0.717) is 22.2 Å². The van der Waals surface area contributed by atoms with Crippen LogP contribution < -0.4 is 5.32 Å². The molecular formula is C15H13Cl2NO2. The maximum Gasteiger partial charge on any atom is 0.338 e. The average Bonchev–Trinajstić information content (AvgIpc) is 2.43. The van der Waals surface area contributed by atoms with E-state index in [1.54, 1.807) is 30.3 Å². The molecule has 0 fully saturated rings. The summed E-state index contributed by atoms with van der Waals surface area (Å²) in [6, 6.07) is 12.5. The molecule has 1 N–H and O–H groups in total. The molecule has 0 amide bonds. The van der Waals surface area contributed by atoms with Crippen LogP contribution in [0.25, 0.3) is 0 Å². The highest BCUT2D eigenvalue weighted by molar-refractivity contribution is 6.35. The molecule has 2 rings (SSSR count). The number of carbonyl (C=O) groups is 1. The number of benzene rings is 2. The molecule has 2 aromatic rings. The van der Waals surface area contributed by atoms with Crippen molar-refractivity contribution >= 4 is 34.9 Å². The third-order valence-corrected chi connectivity index (χ3v) is 3.20. The van der Waals surface area contributed by atoms with Crippen molar-refractivity contribution in [3.63, 3.8) is 0 Å². The Bertz CT molecular complexity index is 609. The smallest absolute Gasteiger partial charge is 0.338 e. The van der Waals surface area contributed by atoms with Gasteiger partial charge in [0.2, 0.25) is 0 Å². The van der Waals surface area contributed by atoms with E-state index in [9.17, 15) is 4.79 Å². The van der Waals surface area contributed by atoms with Gasteiger partial charge in [-0.1, -0.05) is 41.4 Å². The van der Waals surface area contributed by atoms with Gasteiger partial charge in [-0.15, -0.1) is 0 Å². The Labute approximate surface area is 127 Å². The summed E-state index contributed by atoms with van der Waals surface area (Å²) in [6.07, 6.45) is 0. The van der Waals surface area contributed by atoms with Crippen molar-refractivity contribution in [2.24, 2.45) is 0 Å². The highest BCUT2D eigenvalue weighted by Crippen LogP contribution is 2.23. The average molecular weight is 310 g/mol. The molecular weight excluding hydrogens is 297 g/mol. The van der Waals surface area contributed by atoms with Crippen LogP contribution in [0.15, 0.2) is 42.5 Å². The highest BCUT2D eigenvalue weighted by atomic mass is 35.5. The summed E-state index contributed by atoms with van der Waals surface area (Å²) >= 11 is 11.9. The molecule has 5 heteroatoms. The molecule has 0 atom stereocenters. The Morgan fingerprint density at radius 1 is 1.15 bits per heavy atom. The Morgan fingerprint density at radius 3 is 2.45 bits per heavy atom. The Kier molecular flexibility index (Phi) is 4.88. The SMILES string of the molecule is COC(=O)c1ccccc1CNc1cc(Cl)cc(Cl)c1. The van der Waals surface area contributed by atoms with Gasteiger partial charge in [0.05, 0.1) is 12.7 Å². The van der Waals surface area contributed by atoms with Crippen molar-refractivity contribution in [3.8, 4) is 0 Å². The predicted molar refractivity (Wildman–Crippen MR) is 81.6 cm³/mol. The molecule has 0 heterocycles. The summed E-state index contributed by atoms with van der Waals surface area (Å²) in [6.45, 7) is 0.474. The van der Waals surface area contributed by atoms with Crippen LogP contribution in [0, 0.1) is 0 Å². The number of rotatable bonds is 4. The van der Waals surface area contributed by atoms with Gasteiger partial charge in [0.15, 0.2) is 0 Å². The van der Waals surface area contributed by atoms with E-state index in [1.165, 1.54) is 7.11 Å². The van der Waals surface area contributed by atoms with Crippen LogP contribution in [0.2, 0.25) is 10.0 Å². The second-order valence-electron chi connectivity index (χ2n) is 4.16. The number of halogens is 2. The molecule has 0 aliphatic carbocycles. The molecule has 0 aliphatic heterocycles. The third kappa shape index (κ3) is 3.65. The molecule has 0 saturated heterocycles. The first-order valence-corrected chi connectivity index (χ1v) is 6.72. The number of ether oxygens (including phenoxy) is 1. The summed E-state index contributed by atoms with van der Waals surface area (Å²) in [5.41, 5.74) is 2.17. The second-order valence-corrected chi connectivity index (χ2v) is 5.03. The lowest BCUT2D eigenvalue weighted by Crippen LogP contribution is -2.09. The van der Waals surface area contributed by atoms with Crippen molar-refractivity contribution in [1.29, 1.82) is 0 Å². The molecule has 0 spiro atoms. The van der Waals surface area contributed by atoms with Gasteiger partial charge in [-0.3, -0.25) is 0 Å². The van der Waals surface area contributed by atoms with Crippen molar-refractivity contribution in [1.82, 2.24) is 0 Å². The summed E-state index contributed by atoms with van der Waals surface area (Å²) in [7, 11) is 1.36. The van der Waals surface area contributed by atoms with E-state index in [1.807, 2.05) is 12.1 Å². The maximum absolute atomic E-state index is 11.7. The first kappa shape index (κ1) is 14.7. The lowest BCUT2D eigenvalue weighted by atomic mass is 10.1. The summed E-state index contributed by atoms with van der Waals surface area (Å²) in [5, 5.41) is 4.30. The molecule has 104 valence electrons. The van der Waals surface area contributed by atoms with E-state index in [-0.39, 0.29) is 5.97 Å². The van der Waals surface area contributed by atoms with E-state index in [2.05, 4.69) is 5.32 Å². The molecule has 0 bridgehead atoms. The Morgan fingerprint density at radius 2 is 1.80 bits per heavy atom. The number of carbonyl (C=O) groups excluding carboxylic acids is 1. The van der Waals surface area contributed by atoms with Crippen LogP contribution in [0.3, 0.4) is 0 Å². The first-order valence-electron chi connectivity index (χ1n) is 5.96. The molecule has 0 radical (unpaired) electrons. The zero-order chi connectivity index (χ0) is 14.5. The first-order chi connectivity index (χ1) is 9.60. The van der Waals surface area contributed by atoms with Crippen LogP contribution in [0.5, 0.6) is 0 Å². The molecule has 0 unspecified atom stereocenters. The minimum atomic E-state index is -0.355. The van der Waals surface area contributed by atoms with Crippen LogP contribution >= 0.6 is 23.2 Å². The predicted octanol–water partition coefficient (Wildman–Crippen LogP) is 4.39. The summed E-state index contributed by atoms with van der Waals surface area (Å²) < 4.78 is 4.76. The number of hydrogen-bond donors (Lipinski definition) is 1. The van der Waals surface area contributed by atoms with Gasteiger partial charge in [0, 0.05) is 22.3 Å². The summed E-state index contributed by atoms with van der Waals surface area (Å²) in [5.74, 6) is -0.355. The maximum atomic E-state index is 11.7. The highest BCUT2D eigenvalue weighted by Gasteiger charge is 2.10. The van der Waals surface area contributed by atoms with Crippen molar-refractivity contribution in [2.45, 2.75) is 6.54 Å². The fraction of sp³-hybridized carbons (Fsp3) is 0.133. The molecule has 0 aromatic heterocycles. The van der Waals surface area contributed by atoms with Gasteiger partial charge in [0.25, 0.3) is 0 Å². The van der Waals surface area contributed by atoms with E-state index >= 15 is 0 Å². The topological polar surface area (TPSA) is 38.3 Å². The third-order valence-electron chi connectivity index (χ3n) is 2.77. The lowest BCUT2D eigenvalue weighted by molar-refractivity contribution is 0.0599. The molecule has 2 aromatic carbocycles. The van der Waals surface area contributed by atoms with Crippen LogP contribution in [-0.2, 0) is 11.3 Å². The van der Waals surface area contributed by atoms with Crippen molar-refractivity contribution < 1.29 is 9.53 Å². The van der Waals surface area contributed by atoms with Gasteiger partial charge in [0.1, 0.15) is 0 Å². The van der Waals surface area contributed by atoms with Gasteiger partial charge >= 0.3 is 5.97 Å². The van der Waals surface area contributed by atoms with Crippen LogP contribution in [0.4, 0.5) is 5.69 Å². The Hall–Kier alpha value is -1.71. The number of nitrogens with one attached hydrogen (secondary N) is 1. The number of esters is 1. The van der Waals surface area contributed by atoms with Crippen LogP contribution in [-0.4, -0.2) is 13.1 Å². The largest absolute Gasteiger partial charge is 0.465 e. The van der Waals surface area contributed by atoms with Gasteiger partial charge < -0.3 is 10.1 Å². The van der Waals surface area contributed by atoms with Crippen molar-refractivity contribution in [3.05, 3.63) is 63.6 Å². The molecule has 0 saturated carbocycles. The van der Waals surface area contributed by atoms with Crippen LogP contribution in [0.1, 0.15) is 15.9 Å². The minimum absolute atomic E-state index is 0.355. The number of methoxy groups -OCH3 is 1. The fourth-order valence-corrected chi connectivity index (χ4v) is 2.36. The number of hydrogen-bond acceptors (Lipinski definition) is 3. The quantitative estimate of drug-likeness (QED) is 0.851. The molecule has 3 nitrogen and oxygen atoms in total. The van der Waals surface area contributed by atoms with E-state index < -0.39 is 0 Å². The minimum Gasteiger partial charge on any atom is -0.465 e. The van der Waals surface area contributed by atoms with Crippen molar-refractivity contribution in [2.75, 3.05) is 12.4 Å². The zero-order valence-corrected chi connectivity index (χ0v) is 12.3. The zero-order valence-electron chi connectivity index (χ0n) is 10.8. The standard InChI is InChI=1S/C15H13Cl2NO2/c1-20-15(19)14-5-3-2-4-10(14)9-18-13-7-11(16)6-12(17)8-13/h2-8,18H,9H2,1H3. The fourth-order valence-electron chi connectivity index (χ4n) is 1.84. The van der Waals surface area contributed by atoms with E-state index in [0.717, 1.165) is 11.3 Å². The molecule has 0 aliphatic rings. The lowest BCUT2D eigenvalue weighted by Gasteiger charge is -2.10. The monoisotopic (exact) mass is 309 g/mol. The Balaban J connectivity index is 2.16. The molecule has 20 heavy (non-hydrogen) atoms. The van der Waals surface area contributed by atoms with E-state index in [4.69, 9.17) is 27.9 Å². The van der Waals surface area contributed by atoms with Gasteiger partial charge in [-0.25, -0.2) is 4.79 Å². The second kappa shape index (κ2) is 6.64. The van der Waals surface area contributed by atoms with Gasteiger partial charge in [-0.05, 0) is 29.8 Å².